The van der Waals surface area contributed by atoms with Crippen LogP contribution in [-0.4, -0.2) is 10.3 Å². The summed E-state index contributed by atoms with van der Waals surface area (Å²) in [5.41, 5.74) is 0. The van der Waals surface area contributed by atoms with E-state index in [-0.39, 0.29) is 0 Å². The first-order valence-corrected chi connectivity index (χ1v) is 9.09. The van der Waals surface area contributed by atoms with E-state index in [1.807, 2.05) is 0 Å². The normalized spacial score (nSPS) is 10.9. The molecule has 0 nitrogen and oxygen atoms in total. The number of hydrogen-bond acceptors (Lipinski definition) is 0. The summed E-state index contributed by atoms with van der Waals surface area (Å²) in [7, 11) is 0. The largest absolute Gasteiger partial charge is 0.127 e. The topological polar surface area (TPSA) is 0 Å². The van der Waals surface area contributed by atoms with Gasteiger partial charge in [0.15, 0.2) is 0 Å². The van der Waals surface area contributed by atoms with Crippen molar-refractivity contribution in [3.63, 3.8) is 0 Å². The third-order valence-electron chi connectivity index (χ3n) is 3.02. The zero-order chi connectivity index (χ0) is 11.9. The molecule has 0 saturated heterocycles. The van der Waals surface area contributed by atoms with Gasteiger partial charge in [-0.3, -0.25) is 0 Å². The quantitative estimate of drug-likeness (QED) is 0.205. The van der Waals surface area contributed by atoms with Gasteiger partial charge in [-0.25, -0.2) is 0 Å². The van der Waals surface area contributed by atoms with Crippen molar-refractivity contribution in [1.29, 1.82) is 0 Å². The van der Waals surface area contributed by atoms with Gasteiger partial charge in [0.1, 0.15) is 0 Å². The molecule has 0 rings (SSSR count). The maximum absolute atomic E-state index is 5.63. The molecule has 0 aliphatic carbocycles. The average Bonchev–Trinajstić information content (AvgIpc) is 2.31. The van der Waals surface area contributed by atoms with E-state index >= 15 is 0 Å². The zero-order valence-corrected chi connectivity index (χ0v) is 13.6. The lowest BCUT2D eigenvalue weighted by Crippen LogP contribution is -1.83. The third kappa shape index (κ3) is 15.0. The molecule has 0 atom stereocenters. The summed E-state index contributed by atoms with van der Waals surface area (Å²) in [5, 5.41) is 0. The molecule has 16 heavy (non-hydrogen) atoms. The molecule has 0 aromatic carbocycles. The molecule has 0 unspecified atom stereocenters. The predicted molar refractivity (Wildman–Crippen MR) is 85.0 cm³/mol. The highest BCUT2D eigenvalue weighted by Crippen LogP contribution is 2.12. The molecule has 0 radical (unpaired) electrons. The van der Waals surface area contributed by atoms with Gasteiger partial charge >= 0.3 is 0 Å². The smallest absolute Gasteiger partial charge is 0.0223 e. The molecule has 98 valence electrons. The molecule has 2 heteroatoms. The second-order valence-corrected chi connectivity index (χ2v) is 6.08. The summed E-state index contributed by atoms with van der Waals surface area (Å²) in [6.07, 6.45) is 16.9. The number of halogens is 2. The van der Waals surface area contributed by atoms with Crippen molar-refractivity contribution in [2.45, 2.75) is 77.0 Å². The molecule has 0 spiro atoms. The van der Waals surface area contributed by atoms with Crippen LogP contribution in [0.2, 0.25) is 0 Å². The number of hydrogen-bond donors (Lipinski definition) is 0. The number of rotatable bonds is 13. The second kappa shape index (κ2) is 16.0. The van der Waals surface area contributed by atoms with Crippen LogP contribution in [0.25, 0.3) is 0 Å². The third-order valence-corrected chi connectivity index (χ3v) is 4.05. The van der Waals surface area contributed by atoms with Gasteiger partial charge < -0.3 is 0 Å². The van der Waals surface area contributed by atoms with Crippen LogP contribution in [0.15, 0.2) is 0 Å². The molecule has 0 aliphatic rings. The standard InChI is InChI=1S/C14H28ClI/c15-13-11-9-7-5-3-1-2-4-6-8-10-12-14-16/h1-14H2. The summed E-state index contributed by atoms with van der Waals surface area (Å²) in [5.74, 6) is 0.844. The highest BCUT2D eigenvalue weighted by Gasteiger charge is 1.93. The first-order chi connectivity index (χ1) is 7.91. The Morgan fingerprint density at radius 3 is 1.12 bits per heavy atom. The van der Waals surface area contributed by atoms with Crippen LogP contribution in [0.1, 0.15) is 77.0 Å². The summed E-state index contributed by atoms with van der Waals surface area (Å²) in [4.78, 5) is 0. The Morgan fingerprint density at radius 1 is 0.500 bits per heavy atom. The van der Waals surface area contributed by atoms with E-state index < -0.39 is 0 Å². The maximum Gasteiger partial charge on any atom is 0.0223 e. The van der Waals surface area contributed by atoms with Crippen LogP contribution in [0.3, 0.4) is 0 Å². The fourth-order valence-electron chi connectivity index (χ4n) is 1.96. The van der Waals surface area contributed by atoms with Crippen molar-refractivity contribution in [3.05, 3.63) is 0 Å². The van der Waals surface area contributed by atoms with Crippen molar-refractivity contribution in [3.8, 4) is 0 Å². The Kier molecular flexibility index (Phi) is 17.0. The lowest BCUT2D eigenvalue weighted by molar-refractivity contribution is 0.549. The van der Waals surface area contributed by atoms with E-state index in [2.05, 4.69) is 22.6 Å². The first-order valence-electron chi connectivity index (χ1n) is 7.03. The molecule has 0 aromatic heterocycles. The lowest BCUT2D eigenvalue weighted by Gasteiger charge is -2.02. The molecule has 0 amide bonds. The van der Waals surface area contributed by atoms with Gasteiger partial charge in [0.25, 0.3) is 0 Å². The second-order valence-electron chi connectivity index (χ2n) is 4.62. The Bertz CT molecular complexity index is 103. The molecule has 0 aromatic rings. The molecular formula is C14H28ClI. The van der Waals surface area contributed by atoms with E-state index in [0.29, 0.717) is 0 Å². The zero-order valence-electron chi connectivity index (χ0n) is 10.7. The van der Waals surface area contributed by atoms with Gasteiger partial charge in [-0.1, -0.05) is 86.8 Å². The van der Waals surface area contributed by atoms with E-state index in [1.54, 1.807) is 0 Å². The van der Waals surface area contributed by atoms with Crippen molar-refractivity contribution < 1.29 is 0 Å². The highest BCUT2D eigenvalue weighted by atomic mass is 127. The SMILES string of the molecule is ClCCCCCCCCCCCCCCI. The van der Waals surface area contributed by atoms with E-state index in [1.165, 1.54) is 81.5 Å². The van der Waals surface area contributed by atoms with Gasteiger partial charge in [-0.05, 0) is 17.3 Å². The molecular weight excluding hydrogens is 331 g/mol. The minimum absolute atomic E-state index is 0.844. The average molecular weight is 359 g/mol. The van der Waals surface area contributed by atoms with Crippen LogP contribution >= 0.6 is 34.2 Å². The Labute approximate surface area is 121 Å². The van der Waals surface area contributed by atoms with Crippen molar-refractivity contribution in [1.82, 2.24) is 0 Å². The van der Waals surface area contributed by atoms with Crippen molar-refractivity contribution in [2.24, 2.45) is 0 Å². The van der Waals surface area contributed by atoms with E-state index in [9.17, 15) is 0 Å². The van der Waals surface area contributed by atoms with Crippen molar-refractivity contribution in [2.75, 3.05) is 10.3 Å². The van der Waals surface area contributed by atoms with Gasteiger partial charge in [0.05, 0.1) is 0 Å². The fourth-order valence-corrected chi connectivity index (χ4v) is 2.69. The fraction of sp³-hybridized carbons (Fsp3) is 1.00. The maximum atomic E-state index is 5.63. The highest BCUT2D eigenvalue weighted by molar-refractivity contribution is 14.1. The number of unbranched alkanes of at least 4 members (excludes halogenated alkanes) is 11. The van der Waals surface area contributed by atoms with Crippen LogP contribution in [0.5, 0.6) is 0 Å². The molecule has 0 bridgehead atoms. The van der Waals surface area contributed by atoms with Crippen LogP contribution in [-0.2, 0) is 0 Å². The van der Waals surface area contributed by atoms with Crippen molar-refractivity contribution >= 4 is 34.2 Å². The monoisotopic (exact) mass is 358 g/mol. The lowest BCUT2D eigenvalue weighted by atomic mass is 10.1. The summed E-state index contributed by atoms with van der Waals surface area (Å²) < 4.78 is 1.33. The molecule has 0 fully saturated rings. The minimum Gasteiger partial charge on any atom is -0.127 e. The van der Waals surface area contributed by atoms with Crippen LogP contribution < -0.4 is 0 Å². The van der Waals surface area contributed by atoms with Gasteiger partial charge in [-0.15, -0.1) is 11.6 Å². The Balaban J connectivity index is 2.83. The summed E-state index contributed by atoms with van der Waals surface area (Å²) in [6, 6.07) is 0. The molecule has 0 saturated carbocycles. The van der Waals surface area contributed by atoms with E-state index in [4.69, 9.17) is 11.6 Å². The minimum atomic E-state index is 0.844. The molecule has 0 N–H and O–H groups in total. The van der Waals surface area contributed by atoms with Crippen LogP contribution in [0.4, 0.5) is 0 Å². The van der Waals surface area contributed by atoms with Gasteiger partial charge in [-0.2, -0.15) is 0 Å². The Hall–Kier alpha value is 1.02. The van der Waals surface area contributed by atoms with Crippen LogP contribution in [0, 0.1) is 0 Å². The van der Waals surface area contributed by atoms with Gasteiger partial charge in [0, 0.05) is 5.88 Å². The molecule has 0 heterocycles. The first kappa shape index (κ1) is 17.0. The summed E-state index contributed by atoms with van der Waals surface area (Å²) in [6.45, 7) is 0. The van der Waals surface area contributed by atoms with E-state index in [0.717, 1.165) is 5.88 Å². The molecule has 0 aliphatic heterocycles. The summed E-state index contributed by atoms with van der Waals surface area (Å²) >= 11 is 8.11. The predicted octanol–water partition coefficient (Wildman–Crippen LogP) is 6.34. The Morgan fingerprint density at radius 2 is 0.812 bits per heavy atom. The van der Waals surface area contributed by atoms with Gasteiger partial charge in [0.2, 0.25) is 0 Å². The number of alkyl halides is 2.